The summed E-state index contributed by atoms with van der Waals surface area (Å²) in [4.78, 5) is 30.4. The SMILES string of the molecule is Cc1c(C=C2SC(=S)N(Cc3ccccc3)C2=O)c(N2CCCCC2)n(C)c(=O)c1C#N. The van der Waals surface area contributed by atoms with Crippen molar-refractivity contribution in [1.82, 2.24) is 9.47 Å². The molecule has 0 unspecified atom stereocenters. The normalized spacial score (nSPS) is 17.8. The molecule has 4 rings (SSSR count). The van der Waals surface area contributed by atoms with Crippen LogP contribution in [0, 0.1) is 18.3 Å². The van der Waals surface area contributed by atoms with E-state index in [4.69, 9.17) is 12.2 Å². The van der Waals surface area contributed by atoms with Gasteiger partial charge in [0.15, 0.2) is 0 Å². The van der Waals surface area contributed by atoms with Crippen molar-refractivity contribution in [1.29, 1.82) is 5.26 Å². The number of hydrogen-bond acceptors (Lipinski definition) is 6. The molecule has 2 aliphatic rings. The van der Waals surface area contributed by atoms with Crippen LogP contribution in [0.2, 0.25) is 0 Å². The van der Waals surface area contributed by atoms with Crippen LogP contribution < -0.4 is 10.5 Å². The van der Waals surface area contributed by atoms with Gasteiger partial charge in [0.1, 0.15) is 21.8 Å². The Balaban J connectivity index is 1.78. The first kappa shape index (κ1) is 22.3. The highest BCUT2D eigenvalue weighted by Crippen LogP contribution is 2.36. The van der Waals surface area contributed by atoms with Gasteiger partial charge in [-0.05, 0) is 43.4 Å². The second kappa shape index (κ2) is 9.31. The summed E-state index contributed by atoms with van der Waals surface area (Å²) < 4.78 is 2.06. The van der Waals surface area contributed by atoms with E-state index in [1.54, 1.807) is 23.4 Å². The summed E-state index contributed by atoms with van der Waals surface area (Å²) in [5.74, 6) is 0.611. The summed E-state index contributed by atoms with van der Waals surface area (Å²) in [6, 6.07) is 11.8. The van der Waals surface area contributed by atoms with Gasteiger partial charge < -0.3 is 4.90 Å². The van der Waals surface area contributed by atoms with Gasteiger partial charge in [0, 0.05) is 25.7 Å². The molecule has 0 N–H and O–H groups in total. The number of amides is 1. The van der Waals surface area contributed by atoms with Gasteiger partial charge in [0.25, 0.3) is 11.5 Å². The first-order chi connectivity index (χ1) is 15.4. The van der Waals surface area contributed by atoms with Crippen LogP contribution in [-0.2, 0) is 18.4 Å². The first-order valence-corrected chi connectivity index (χ1v) is 11.8. The van der Waals surface area contributed by atoms with Gasteiger partial charge in [-0.3, -0.25) is 19.1 Å². The van der Waals surface area contributed by atoms with E-state index >= 15 is 0 Å². The van der Waals surface area contributed by atoms with E-state index in [-0.39, 0.29) is 17.0 Å². The minimum absolute atomic E-state index is 0.110. The zero-order chi connectivity index (χ0) is 22.8. The number of anilines is 1. The number of benzene rings is 1. The van der Waals surface area contributed by atoms with Gasteiger partial charge in [-0.1, -0.05) is 54.3 Å². The van der Waals surface area contributed by atoms with E-state index < -0.39 is 0 Å². The molecular formula is C24H24N4O2S2. The fraction of sp³-hybridized carbons (Fsp3) is 0.333. The lowest BCUT2D eigenvalue weighted by Gasteiger charge is -2.32. The molecule has 0 bridgehead atoms. The Hall–Kier alpha value is -2.89. The topological polar surface area (TPSA) is 69.3 Å². The van der Waals surface area contributed by atoms with Crippen LogP contribution in [0.15, 0.2) is 40.0 Å². The number of pyridine rings is 1. The number of nitriles is 1. The summed E-state index contributed by atoms with van der Waals surface area (Å²) in [7, 11) is 1.70. The average Bonchev–Trinajstić information content (AvgIpc) is 3.06. The molecule has 2 fully saturated rings. The predicted octanol–water partition coefficient (Wildman–Crippen LogP) is 3.96. The van der Waals surface area contributed by atoms with E-state index in [1.165, 1.54) is 11.8 Å². The molecule has 164 valence electrons. The van der Waals surface area contributed by atoms with Crippen molar-refractivity contribution in [2.45, 2.75) is 32.7 Å². The number of nitrogens with zero attached hydrogens (tertiary/aromatic N) is 4. The van der Waals surface area contributed by atoms with Crippen molar-refractivity contribution >= 4 is 46.1 Å². The van der Waals surface area contributed by atoms with Crippen molar-refractivity contribution in [3.63, 3.8) is 0 Å². The third-order valence-electron chi connectivity index (χ3n) is 5.96. The zero-order valence-corrected chi connectivity index (χ0v) is 19.8. The van der Waals surface area contributed by atoms with Gasteiger partial charge >= 0.3 is 0 Å². The summed E-state index contributed by atoms with van der Waals surface area (Å²) >= 11 is 6.77. The molecule has 1 amide bonds. The number of carbonyl (C=O) groups excluding carboxylic acids is 1. The van der Waals surface area contributed by atoms with Crippen molar-refractivity contribution in [3.05, 3.63) is 67.8 Å². The van der Waals surface area contributed by atoms with E-state index in [9.17, 15) is 14.9 Å². The minimum atomic E-state index is -0.306. The Bertz CT molecular complexity index is 1210. The Morgan fingerprint density at radius 2 is 1.84 bits per heavy atom. The molecule has 6 nitrogen and oxygen atoms in total. The van der Waals surface area contributed by atoms with Gasteiger partial charge in [-0.25, -0.2) is 0 Å². The third kappa shape index (κ3) is 4.10. The minimum Gasteiger partial charge on any atom is -0.357 e. The highest BCUT2D eigenvalue weighted by atomic mass is 32.2. The Labute approximate surface area is 197 Å². The lowest BCUT2D eigenvalue weighted by Crippen LogP contribution is -2.36. The first-order valence-electron chi connectivity index (χ1n) is 10.6. The number of hydrogen-bond donors (Lipinski definition) is 0. The number of rotatable bonds is 4. The number of piperidine rings is 1. The van der Waals surface area contributed by atoms with Gasteiger partial charge in [-0.2, -0.15) is 5.26 Å². The maximum absolute atomic E-state index is 13.2. The van der Waals surface area contributed by atoms with Crippen molar-refractivity contribution < 1.29 is 4.79 Å². The fourth-order valence-electron chi connectivity index (χ4n) is 4.23. The number of aromatic nitrogens is 1. The Kier molecular flexibility index (Phi) is 6.49. The third-order valence-corrected chi connectivity index (χ3v) is 7.33. The van der Waals surface area contributed by atoms with Crippen LogP contribution in [0.3, 0.4) is 0 Å². The molecule has 2 aromatic rings. The lowest BCUT2D eigenvalue weighted by molar-refractivity contribution is -0.122. The van der Waals surface area contributed by atoms with Crippen molar-refractivity contribution in [3.8, 4) is 6.07 Å². The number of thiocarbonyl (C=S) groups is 1. The van der Waals surface area contributed by atoms with Crippen LogP contribution in [0.25, 0.3) is 6.08 Å². The van der Waals surface area contributed by atoms with Crippen LogP contribution >= 0.6 is 24.0 Å². The smallest absolute Gasteiger partial charge is 0.270 e. The summed E-state index contributed by atoms with van der Waals surface area (Å²) in [5.41, 5.74) is 2.15. The van der Waals surface area contributed by atoms with E-state index in [0.29, 0.717) is 21.3 Å². The summed E-state index contributed by atoms with van der Waals surface area (Å²) in [5, 5.41) is 9.61. The van der Waals surface area contributed by atoms with E-state index in [1.807, 2.05) is 36.4 Å². The molecule has 0 radical (unpaired) electrons. The largest absolute Gasteiger partial charge is 0.357 e. The molecule has 0 atom stereocenters. The molecule has 1 aromatic carbocycles. The maximum Gasteiger partial charge on any atom is 0.270 e. The van der Waals surface area contributed by atoms with Gasteiger partial charge in [-0.15, -0.1) is 0 Å². The molecule has 8 heteroatoms. The van der Waals surface area contributed by atoms with Gasteiger partial charge in [0.05, 0.1) is 11.4 Å². The van der Waals surface area contributed by atoms with Crippen LogP contribution in [0.4, 0.5) is 5.82 Å². The van der Waals surface area contributed by atoms with Crippen LogP contribution in [-0.4, -0.2) is 32.8 Å². The predicted molar refractivity (Wildman–Crippen MR) is 132 cm³/mol. The molecule has 3 heterocycles. The second-order valence-electron chi connectivity index (χ2n) is 8.01. The molecule has 0 aliphatic carbocycles. The quantitative estimate of drug-likeness (QED) is 0.504. The zero-order valence-electron chi connectivity index (χ0n) is 18.1. The van der Waals surface area contributed by atoms with E-state index in [0.717, 1.165) is 49.3 Å². The fourth-order valence-corrected chi connectivity index (χ4v) is 5.47. The summed E-state index contributed by atoms with van der Waals surface area (Å²) in [6.07, 6.45) is 5.06. The molecule has 1 aromatic heterocycles. The van der Waals surface area contributed by atoms with E-state index in [2.05, 4.69) is 11.0 Å². The Morgan fingerprint density at radius 3 is 2.50 bits per heavy atom. The number of thioether (sulfide) groups is 1. The van der Waals surface area contributed by atoms with Crippen LogP contribution in [0.1, 0.15) is 41.5 Å². The standard InChI is InChI=1S/C24H24N4O2S2/c1-16-18(21(27-11-7-4-8-12-27)26(2)22(29)19(16)14-25)13-20-23(30)28(24(31)32-20)15-17-9-5-3-6-10-17/h3,5-6,9-10,13H,4,7-8,11-12,15H2,1-2H3. The highest BCUT2D eigenvalue weighted by Gasteiger charge is 2.33. The maximum atomic E-state index is 13.2. The summed E-state index contributed by atoms with van der Waals surface area (Å²) in [6.45, 7) is 3.88. The second-order valence-corrected chi connectivity index (χ2v) is 9.69. The monoisotopic (exact) mass is 464 g/mol. The molecule has 0 spiro atoms. The average molecular weight is 465 g/mol. The van der Waals surface area contributed by atoms with Gasteiger partial charge in [0.2, 0.25) is 0 Å². The van der Waals surface area contributed by atoms with Crippen LogP contribution in [0.5, 0.6) is 0 Å². The molecular weight excluding hydrogens is 440 g/mol. The number of carbonyl (C=O) groups is 1. The Morgan fingerprint density at radius 1 is 1.16 bits per heavy atom. The molecule has 2 saturated heterocycles. The molecule has 2 aliphatic heterocycles. The molecule has 32 heavy (non-hydrogen) atoms. The molecule has 0 saturated carbocycles. The highest BCUT2D eigenvalue weighted by molar-refractivity contribution is 8.26. The lowest BCUT2D eigenvalue weighted by atomic mass is 10.0. The van der Waals surface area contributed by atoms with Crippen molar-refractivity contribution in [2.24, 2.45) is 7.05 Å². The van der Waals surface area contributed by atoms with Crippen molar-refractivity contribution in [2.75, 3.05) is 18.0 Å².